The molecule has 0 bridgehead atoms. The fraction of sp³-hybridized carbons (Fsp3) is 0.214. The van der Waals surface area contributed by atoms with Gasteiger partial charge in [-0.25, -0.2) is 9.59 Å². The topological polar surface area (TPSA) is 82.8 Å². The third-order valence-corrected chi connectivity index (χ3v) is 2.68. The van der Waals surface area contributed by atoms with E-state index in [2.05, 4.69) is 0 Å². The number of hydrogen-bond donors (Lipinski definition) is 0. The van der Waals surface area contributed by atoms with Gasteiger partial charge in [-0.15, -0.1) is 0 Å². The minimum Gasteiger partial charge on any atom is -0.493 e. The molecule has 2 aromatic rings. The first-order valence-corrected chi connectivity index (χ1v) is 5.89. The maximum Gasteiger partial charge on any atom is 0.339 e. The molecule has 1 aromatic heterocycles. The molecule has 0 spiro atoms. The summed E-state index contributed by atoms with van der Waals surface area (Å²) in [5.74, 6) is -0.455. The van der Waals surface area contributed by atoms with Crippen LogP contribution < -0.4 is 10.4 Å². The van der Waals surface area contributed by atoms with E-state index in [1.54, 1.807) is 6.92 Å². The van der Waals surface area contributed by atoms with Gasteiger partial charge in [0.2, 0.25) is 0 Å². The smallest absolute Gasteiger partial charge is 0.339 e. The Hall–Kier alpha value is -2.63. The predicted molar refractivity (Wildman–Crippen MR) is 70.4 cm³/mol. The molecule has 0 radical (unpaired) electrons. The second-order valence-electron chi connectivity index (χ2n) is 3.92. The van der Waals surface area contributed by atoms with Gasteiger partial charge in [-0.1, -0.05) is 0 Å². The highest BCUT2D eigenvalue weighted by Crippen LogP contribution is 2.28. The van der Waals surface area contributed by atoms with E-state index in [1.165, 1.54) is 19.2 Å². The highest BCUT2D eigenvalue weighted by molar-refractivity contribution is 6.05. The van der Waals surface area contributed by atoms with Gasteiger partial charge >= 0.3 is 11.6 Å². The molecule has 104 valence electrons. The highest BCUT2D eigenvalue weighted by Gasteiger charge is 2.17. The number of aldehydes is 1. The van der Waals surface area contributed by atoms with Crippen LogP contribution >= 0.6 is 0 Å². The predicted octanol–water partition coefficient (Wildman–Crippen LogP) is 1.79. The molecule has 6 heteroatoms. The van der Waals surface area contributed by atoms with Crippen molar-refractivity contribution in [2.75, 3.05) is 13.7 Å². The Bertz CT molecular complexity index is 728. The second-order valence-corrected chi connectivity index (χ2v) is 3.92. The molecule has 2 rings (SSSR count). The van der Waals surface area contributed by atoms with Gasteiger partial charge in [0.25, 0.3) is 0 Å². The Balaban J connectivity index is 2.83. The number of hydrogen-bond acceptors (Lipinski definition) is 6. The Morgan fingerprint density at radius 2 is 2.10 bits per heavy atom. The molecular formula is C14H12O6. The minimum atomic E-state index is -0.697. The van der Waals surface area contributed by atoms with Crippen LogP contribution in [0.1, 0.15) is 27.6 Å². The first kappa shape index (κ1) is 13.8. The molecule has 0 fully saturated rings. The van der Waals surface area contributed by atoms with Crippen molar-refractivity contribution >= 4 is 23.2 Å². The van der Waals surface area contributed by atoms with Crippen molar-refractivity contribution in [2.24, 2.45) is 0 Å². The number of carbonyl (C=O) groups excluding carboxylic acids is 2. The van der Waals surface area contributed by atoms with E-state index in [-0.39, 0.29) is 23.5 Å². The van der Waals surface area contributed by atoms with Gasteiger partial charge in [0.05, 0.1) is 19.3 Å². The summed E-state index contributed by atoms with van der Waals surface area (Å²) in [6.45, 7) is 1.83. The van der Waals surface area contributed by atoms with Crippen LogP contribution in [0.4, 0.5) is 0 Å². The van der Waals surface area contributed by atoms with E-state index in [1.807, 2.05) is 0 Å². The molecule has 0 saturated heterocycles. The van der Waals surface area contributed by atoms with E-state index in [0.717, 1.165) is 6.07 Å². The zero-order chi connectivity index (χ0) is 14.7. The van der Waals surface area contributed by atoms with Gasteiger partial charge < -0.3 is 13.9 Å². The molecule has 0 aliphatic carbocycles. The van der Waals surface area contributed by atoms with Crippen LogP contribution in [-0.4, -0.2) is 26.0 Å². The standard InChI is InChI=1S/C14H12O6/c1-3-19-14(17)10-6-12(16)20-13-9(10)4-8(7-15)5-11(13)18-2/h4-7H,3H2,1-2H3. The molecule has 0 aliphatic rings. The van der Waals surface area contributed by atoms with Crippen molar-refractivity contribution in [1.29, 1.82) is 0 Å². The number of methoxy groups -OCH3 is 1. The normalized spacial score (nSPS) is 10.3. The Morgan fingerprint density at radius 3 is 2.70 bits per heavy atom. The van der Waals surface area contributed by atoms with Crippen molar-refractivity contribution in [1.82, 2.24) is 0 Å². The Morgan fingerprint density at radius 1 is 1.35 bits per heavy atom. The van der Waals surface area contributed by atoms with Gasteiger partial charge in [-0.05, 0) is 19.1 Å². The number of rotatable bonds is 4. The minimum absolute atomic E-state index is 0.0418. The van der Waals surface area contributed by atoms with Gasteiger partial charge in [-0.2, -0.15) is 0 Å². The monoisotopic (exact) mass is 276 g/mol. The Kier molecular flexibility index (Phi) is 3.84. The third-order valence-electron chi connectivity index (χ3n) is 2.68. The molecule has 0 amide bonds. The zero-order valence-electron chi connectivity index (χ0n) is 11.0. The van der Waals surface area contributed by atoms with E-state index >= 15 is 0 Å². The molecule has 0 atom stereocenters. The van der Waals surface area contributed by atoms with Gasteiger partial charge in [-0.3, -0.25) is 4.79 Å². The maximum atomic E-state index is 11.9. The number of fused-ring (bicyclic) bond motifs is 1. The van der Waals surface area contributed by atoms with E-state index in [4.69, 9.17) is 13.9 Å². The molecular weight excluding hydrogens is 264 g/mol. The van der Waals surface area contributed by atoms with Crippen molar-refractivity contribution in [2.45, 2.75) is 6.92 Å². The number of carbonyl (C=O) groups is 2. The lowest BCUT2D eigenvalue weighted by Crippen LogP contribution is -2.10. The molecule has 1 aromatic carbocycles. The van der Waals surface area contributed by atoms with E-state index < -0.39 is 11.6 Å². The molecule has 0 saturated carbocycles. The van der Waals surface area contributed by atoms with E-state index in [9.17, 15) is 14.4 Å². The fourth-order valence-corrected chi connectivity index (χ4v) is 1.85. The lowest BCUT2D eigenvalue weighted by molar-refractivity contribution is 0.0527. The summed E-state index contributed by atoms with van der Waals surface area (Å²) in [6, 6.07) is 3.90. The second kappa shape index (κ2) is 5.56. The molecule has 1 heterocycles. The molecule has 6 nitrogen and oxygen atoms in total. The lowest BCUT2D eigenvalue weighted by atomic mass is 10.1. The summed E-state index contributed by atoms with van der Waals surface area (Å²) >= 11 is 0. The zero-order valence-corrected chi connectivity index (χ0v) is 11.0. The van der Waals surface area contributed by atoms with Crippen LogP contribution in [0.3, 0.4) is 0 Å². The quantitative estimate of drug-likeness (QED) is 0.481. The number of esters is 1. The van der Waals surface area contributed by atoms with Gasteiger partial charge in [0.1, 0.15) is 6.29 Å². The van der Waals surface area contributed by atoms with Gasteiger partial charge in [0, 0.05) is 17.0 Å². The van der Waals surface area contributed by atoms with Crippen LogP contribution in [0.2, 0.25) is 0 Å². The van der Waals surface area contributed by atoms with Gasteiger partial charge in [0.15, 0.2) is 11.3 Å². The SMILES string of the molecule is CCOC(=O)c1cc(=O)oc2c(OC)cc(C=O)cc12. The van der Waals surface area contributed by atoms with Crippen molar-refractivity contribution in [3.63, 3.8) is 0 Å². The first-order valence-electron chi connectivity index (χ1n) is 5.89. The summed E-state index contributed by atoms with van der Waals surface area (Å²) in [7, 11) is 1.38. The van der Waals surface area contributed by atoms with Crippen molar-refractivity contribution in [3.8, 4) is 5.75 Å². The summed E-state index contributed by atoms with van der Waals surface area (Å²) < 4.78 is 15.0. The molecule has 0 unspecified atom stereocenters. The lowest BCUT2D eigenvalue weighted by Gasteiger charge is -2.08. The third kappa shape index (κ3) is 2.40. The fourth-order valence-electron chi connectivity index (χ4n) is 1.85. The van der Waals surface area contributed by atoms with Crippen LogP contribution in [-0.2, 0) is 4.74 Å². The van der Waals surface area contributed by atoms with Crippen LogP contribution in [0.25, 0.3) is 11.0 Å². The number of benzene rings is 1. The average molecular weight is 276 g/mol. The molecule has 0 N–H and O–H groups in total. The van der Waals surface area contributed by atoms with Crippen LogP contribution in [0.5, 0.6) is 5.75 Å². The summed E-state index contributed by atoms with van der Waals surface area (Å²) in [5.41, 5.74) is -0.250. The average Bonchev–Trinajstić information content (AvgIpc) is 2.45. The largest absolute Gasteiger partial charge is 0.493 e. The van der Waals surface area contributed by atoms with Crippen LogP contribution in [0, 0.1) is 0 Å². The maximum absolute atomic E-state index is 11.9. The van der Waals surface area contributed by atoms with Crippen molar-refractivity contribution in [3.05, 3.63) is 39.7 Å². The van der Waals surface area contributed by atoms with Crippen LogP contribution in [0.15, 0.2) is 27.4 Å². The Labute approximate surface area is 113 Å². The number of ether oxygens (including phenoxy) is 2. The summed E-state index contributed by atoms with van der Waals surface area (Å²) in [4.78, 5) is 34.3. The summed E-state index contributed by atoms with van der Waals surface area (Å²) in [5, 5.41) is 0.296. The summed E-state index contributed by atoms with van der Waals surface area (Å²) in [6.07, 6.45) is 0.613. The highest BCUT2D eigenvalue weighted by atomic mass is 16.5. The molecule has 20 heavy (non-hydrogen) atoms. The van der Waals surface area contributed by atoms with Crippen molar-refractivity contribution < 1.29 is 23.5 Å². The van der Waals surface area contributed by atoms with E-state index in [0.29, 0.717) is 17.2 Å². The first-order chi connectivity index (χ1) is 9.60. The molecule has 0 aliphatic heterocycles.